The summed E-state index contributed by atoms with van der Waals surface area (Å²) in [6.45, 7) is 0. The van der Waals surface area contributed by atoms with Crippen LogP contribution in [0.2, 0.25) is 0 Å². The van der Waals surface area contributed by atoms with E-state index in [4.69, 9.17) is 4.74 Å². The number of methoxy groups -OCH3 is 1. The van der Waals surface area contributed by atoms with Crippen LogP contribution in [0.4, 0.5) is 5.69 Å². The van der Waals surface area contributed by atoms with Crippen molar-refractivity contribution >= 4 is 45.0 Å². The van der Waals surface area contributed by atoms with E-state index < -0.39 is 23.4 Å². The van der Waals surface area contributed by atoms with Crippen LogP contribution in [-0.4, -0.2) is 36.5 Å². The van der Waals surface area contributed by atoms with Crippen molar-refractivity contribution in [1.29, 1.82) is 0 Å². The predicted octanol–water partition coefficient (Wildman–Crippen LogP) is 6.77. The molecule has 3 aliphatic rings. The Labute approximate surface area is 240 Å². The molecular formula is C34H24BrNO4. The molecule has 0 bridgehead atoms. The first kappa shape index (κ1) is 24.7. The molecule has 0 aromatic heterocycles. The Morgan fingerprint density at radius 3 is 2.15 bits per heavy atom. The van der Waals surface area contributed by atoms with E-state index in [0.29, 0.717) is 22.4 Å². The molecule has 0 amide bonds. The van der Waals surface area contributed by atoms with Gasteiger partial charge in [-0.3, -0.25) is 14.4 Å². The summed E-state index contributed by atoms with van der Waals surface area (Å²) in [5.41, 5.74) is 2.31. The number of ketones is 3. The largest absolute Gasteiger partial charge is 0.497 e. The predicted molar refractivity (Wildman–Crippen MR) is 157 cm³/mol. The summed E-state index contributed by atoms with van der Waals surface area (Å²) < 4.78 is 6.31. The summed E-state index contributed by atoms with van der Waals surface area (Å²) in [6, 6.07) is 28.0. The number of carbonyl (C=O) groups is 3. The molecule has 4 aromatic carbocycles. The van der Waals surface area contributed by atoms with Crippen molar-refractivity contribution in [2.24, 2.45) is 5.41 Å². The van der Waals surface area contributed by atoms with Crippen molar-refractivity contribution in [3.63, 3.8) is 0 Å². The molecule has 2 heterocycles. The van der Waals surface area contributed by atoms with Crippen LogP contribution in [0.25, 0.3) is 6.08 Å². The standard InChI is InChI=1S/C34H24BrNO4/c1-40-24-15-11-20(12-16-24)29-30(31(37)21-7-3-2-4-8-21)36-27-17-14-23(35)19-22(27)13-18-28(36)34(29)32(38)25-9-5-6-10-26(25)33(34)39/h2-19,28-30H,1H3/t28-,29+,30-/m1/s1. The van der Waals surface area contributed by atoms with E-state index in [1.54, 1.807) is 43.5 Å². The van der Waals surface area contributed by atoms with Crippen LogP contribution in [0.15, 0.2) is 108 Å². The molecule has 0 unspecified atom stereocenters. The van der Waals surface area contributed by atoms with Gasteiger partial charge in [-0.05, 0) is 41.5 Å². The number of fused-ring (bicyclic) bond motifs is 5. The van der Waals surface area contributed by atoms with Crippen molar-refractivity contribution in [2.75, 3.05) is 12.0 Å². The van der Waals surface area contributed by atoms with E-state index >= 15 is 0 Å². The van der Waals surface area contributed by atoms with E-state index in [0.717, 1.165) is 21.3 Å². The number of Topliss-reactive ketones (excluding diaryl/α,β-unsaturated/α-hetero) is 3. The molecule has 4 aromatic rings. The molecule has 3 atom stereocenters. The Bertz CT molecular complexity index is 1690. The van der Waals surface area contributed by atoms with Crippen LogP contribution >= 0.6 is 15.9 Å². The number of hydrogen-bond donors (Lipinski definition) is 0. The number of rotatable bonds is 4. The Morgan fingerprint density at radius 1 is 0.850 bits per heavy atom. The number of ether oxygens (including phenoxy) is 1. The van der Waals surface area contributed by atoms with Crippen LogP contribution in [0, 0.1) is 5.41 Å². The molecule has 1 spiro atoms. The van der Waals surface area contributed by atoms with Crippen LogP contribution in [-0.2, 0) is 0 Å². The molecule has 0 radical (unpaired) electrons. The van der Waals surface area contributed by atoms with Crippen molar-refractivity contribution < 1.29 is 19.1 Å². The summed E-state index contributed by atoms with van der Waals surface area (Å²) in [5.74, 6) is -0.705. The second-order valence-corrected chi connectivity index (χ2v) is 11.3. The number of anilines is 1. The van der Waals surface area contributed by atoms with E-state index in [1.165, 1.54) is 0 Å². The third-order valence-electron chi connectivity index (χ3n) is 8.57. The van der Waals surface area contributed by atoms with Gasteiger partial charge in [0, 0.05) is 32.8 Å². The molecule has 196 valence electrons. The first-order valence-corrected chi connectivity index (χ1v) is 13.9. The Kier molecular flexibility index (Phi) is 5.65. The van der Waals surface area contributed by atoms with Gasteiger partial charge in [0.25, 0.3) is 0 Å². The lowest BCUT2D eigenvalue weighted by Gasteiger charge is -2.37. The highest BCUT2D eigenvalue weighted by Gasteiger charge is 2.71. The maximum absolute atomic E-state index is 14.6. The quantitative estimate of drug-likeness (QED) is 0.194. The van der Waals surface area contributed by atoms with Crippen molar-refractivity contribution in [3.8, 4) is 5.75 Å². The van der Waals surface area contributed by atoms with Gasteiger partial charge in [0.1, 0.15) is 17.2 Å². The van der Waals surface area contributed by atoms with Gasteiger partial charge in [0.2, 0.25) is 0 Å². The van der Waals surface area contributed by atoms with E-state index in [9.17, 15) is 14.4 Å². The van der Waals surface area contributed by atoms with Crippen molar-refractivity contribution in [3.05, 3.63) is 135 Å². The Hall–Kier alpha value is -4.29. The van der Waals surface area contributed by atoms with E-state index in [2.05, 4.69) is 15.9 Å². The topological polar surface area (TPSA) is 63.7 Å². The minimum atomic E-state index is -1.52. The number of nitrogens with zero attached hydrogens (tertiary/aromatic N) is 1. The first-order chi connectivity index (χ1) is 19.5. The van der Waals surface area contributed by atoms with E-state index in [-0.39, 0.29) is 17.3 Å². The highest BCUT2D eigenvalue weighted by atomic mass is 79.9. The van der Waals surface area contributed by atoms with Crippen LogP contribution in [0.5, 0.6) is 5.75 Å². The smallest absolute Gasteiger partial charge is 0.185 e. The van der Waals surface area contributed by atoms with Gasteiger partial charge in [-0.25, -0.2) is 0 Å². The van der Waals surface area contributed by atoms with Gasteiger partial charge < -0.3 is 9.64 Å². The molecule has 7 rings (SSSR count). The molecule has 6 heteroatoms. The van der Waals surface area contributed by atoms with Gasteiger partial charge in [0.15, 0.2) is 17.3 Å². The number of carbonyl (C=O) groups excluding carboxylic acids is 3. The zero-order valence-electron chi connectivity index (χ0n) is 21.6. The highest BCUT2D eigenvalue weighted by molar-refractivity contribution is 9.10. The second-order valence-electron chi connectivity index (χ2n) is 10.4. The van der Waals surface area contributed by atoms with Gasteiger partial charge >= 0.3 is 0 Å². The third kappa shape index (κ3) is 3.29. The summed E-state index contributed by atoms with van der Waals surface area (Å²) >= 11 is 3.56. The first-order valence-electron chi connectivity index (χ1n) is 13.1. The lowest BCUT2D eigenvalue weighted by molar-refractivity contribution is 0.0666. The minimum absolute atomic E-state index is 0.135. The maximum atomic E-state index is 14.6. The Balaban J connectivity index is 1.54. The fourth-order valence-corrected chi connectivity index (χ4v) is 7.28. The zero-order chi connectivity index (χ0) is 27.6. The Morgan fingerprint density at radius 2 is 1.50 bits per heavy atom. The van der Waals surface area contributed by atoms with Crippen molar-refractivity contribution in [1.82, 2.24) is 0 Å². The number of benzene rings is 4. The summed E-state index contributed by atoms with van der Waals surface area (Å²) in [7, 11) is 1.59. The van der Waals surface area contributed by atoms with Crippen molar-refractivity contribution in [2.45, 2.75) is 18.0 Å². The summed E-state index contributed by atoms with van der Waals surface area (Å²) in [4.78, 5) is 45.9. The van der Waals surface area contributed by atoms with Crippen LogP contribution in [0.3, 0.4) is 0 Å². The van der Waals surface area contributed by atoms with Gasteiger partial charge in [-0.1, -0.05) is 94.8 Å². The molecule has 0 saturated carbocycles. The van der Waals surface area contributed by atoms with Gasteiger partial charge in [0.05, 0.1) is 13.2 Å². The molecule has 2 aliphatic heterocycles. The highest BCUT2D eigenvalue weighted by Crippen LogP contribution is 2.61. The van der Waals surface area contributed by atoms with E-state index in [1.807, 2.05) is 77.7 Å². The number of halogens is 1. The lowest BCUT2D eigenvalue weighted by atomic mass is 9.64. The van der Waals surface area contributed by atoms with Gasteiger partial charge in [-0.15, -0.1) is 0 Å². The zero-order valence-corrected chi connectivity index (χ0v) is 23.2. The van der Waals surface area contributed by atoms with Gasteiger partial charge in [-0.2, -0.15) is 0 Å². The summed E-state index contributed by atoms with van der Waals surface area (Å²) in [5, 5.41) is 0. The molecule has 1 fully saturated rings. The molecular weight excluding hydrogens is 566 g/mol. The molecule has 0 N–H and O–H groups in total. The average molecular weight is 590 g/mol. The SMILES string of the molecule is COc1ccc([C@H]2[C@H](C(=O)c3ccccc3)N3c4ccc(Br)cc4C=C[C@@H]3C23C(=O)c2ccccc2C3=O)cc1. The summed E-state index contributed by atoms with van der Waals surface area (Å²) in [6.07, 6.45) is 3.90. The third-order valence-corrected chi connectivity index (χ3v) is 9.06. The second kappa shape index (κ2) is 9.14. The molecule has 1 aliphatic carbocycles. The fraction of sp³-hybridized carbons (Fsp3) is 0.147. The average Bonchev–Trinajstić information content (AvgIpc) is 3.43. The molecule has 5 nitrogen and oxygen atoms in total. The maximum Gasteiger partial charge on any atom is 0.185 e. The molecule has 40 heavy (non-hydrogen) atoms. The fourth-order valence-electron chi connectivity index (χ4n) is 6.91. The monoisotopic (exact) mass is 589 g/mol. The van der Waals surface area contributed by atoms with Crippen LogP contribution < -0.4 is 9.64 Å². The minimum Gasteiger partial charge on any atom is -0.497 e. The number of hydrogen-bond acceptors (Lipinski definition) is 5. The lowest BCUT2D eigenvalue weighted by Crippen LogP contribution is -2.48. The normalized spacial score (nSPS) is 21.8. The molecule has 1 saturated heterocycles. The van der Waals surface area contributed by atoms with Crippen LogP contribution in [0.1, 0.15) is 48.1 Å².